The number of carbonyl (C=O) groups excluding carboxylic acids is 9. The van der Waals surface area contributed by atoms with E-state index in [2.05, 4.69) is 38.0 Å². The van der Waals surface area contributed by atoms with Gasteiger partial charge in [-0.15, -0.1) is 0 Å². The van der Waals surface area contributed by atoms with E-state index < -0.39 is 118 Å². The molecule has 2 aliphatic heterocycles. The standard InChI is InChI=1S/C67H104N10O12/c1-40(74(16)61(85)88-65(9,10)11)56(80)72-54(63(3,4)5)59(83)76-38-44(36-50(76)57(81)70-48-32-23-28-42-26-19-21-30-46(42)48)68-52(78)34-25-35-53(79)69-45-37-51(58(82)71-49-33-24-29-43-27-20-22-31-47(43)49)77(39-45)60(84)55(64(6,7)8)73-67(15,87-18)41(2)75(17)62(86)89-66(12,13)14/h19-22,26-27,30-31,40-41,44-45,48-51,54-55,73H,23-25,28-29,32-39H2,1-18H3,(H,68,78)(H,69,79)(H,70,81)(H,71,82)(H,72,80)/t40-,41-,44-,45-,48+,49+,50-,51-,54+,55+,67?/m0/s1. The molecule has 0 spiro atoms. The summed E-state index contributed by atoms with van der Waals surface area (Å²) in [6.07, 6.45) is 3.82. The van der Waals surface area contributed by atoms with E-state index in [1.807, 2.05) is 63.2 Å². The van der Waals surface area contributed by atoms with E-state index in [0.717, 1.165) is 59.3 Å². The van der Waals surface area contributed by atoms with Gasteiger partial charge in [0.15, 0.2) is 0 Å². The molecule has 2 fully saturated rings. The number of likely N-dealkylation sites (tertiary alicyclic amines) is 2. The highest BCUT2D eigenvalue weighted by Gasteiger charge is 2.50. The Labute approximate surface area is 528 Å². The number of methoxy groups -OCH3 is 1. The molecule has 0 aromatic heterocycles. The molecule has 11 atom stereocenters. The summed E-state index contributed by atoms with van der Waals surface area (Å²) >= 11 is 0. The third-order valence-electron chi connectivity index (χ3n) is 17.8. The van der Waals surface area contributed by atoms with Gasteiger partial charge in [0.1, 0.15) is 41.1 Å². The Kier molecular flexibility index (Phi) is 23.2. The van der Waals surface area contributed by atoms with Crippen LogP contribution in [0.1, 0.15) is 196 Å². The van der Waals surface area contributed by atoms with Gasteiger partial charge in [-0.05, 0) is 153 Å². The van der Waals surface area contributed by atoms with Crippen molar-refractivity contribution in [1.29, 1.82) is 0 Å². The molecular formula is C67H104N10O12. The van der Waals surface area contributed by atoms with E-state index in [1.165, 1.54) is 35.8 Å². The van der Waals surface area contributed by atoms with Gasteiger partial charge in [0.2, 0.25) is 41.4 Å². The molecule has 2 aromatic rings. The number of aryl methyl sites for hydroxylation is 2. The Morgan fingerprint density at radius 2 is 0.978 bits per heavy atom. The Bertz CT molecular complexity index is 2890. The highest BCUT2D eigenvalue weighted by molar-refractivity contribution is 5.95. The van der Waals surface area contributed by atoms with E-state index >= 15 is 4.79 Å². The van der Waals surface area contributed by atoms with Gasteiger partial charge in [0, 0.05) is 59.2 Å². The lowest BCUT2D eigenvalue weighted by molar-refractivity contribution is -0.148. The number of nitrogens with one attached hydrogen (secondary N) is 6. The molecule has 22 heteroatoms. The summed E-state index contributed by atoms with van der Waals surface area (Å²) < 4.78 is 17.3. The van der Waals surface area contributed by atoms with Gasteiger partial charge >= 0.3 is 12.2 Å². The number of carbonyl (C=O) groups is 9. The Morgan fingerprint density at radius 1 is 0.573 bits per heavy atom. The van der Waals surface area contributed by atoms with Crippen LogP contribution in [0.25, 0.3) is 0 Å². The monoisotopic (exact) mass is 1240 g/mol. The molecule has 89 heavy (non-hydrogen) atoms. The lowest BCUT2D eigenvalue weighted by Crippen LogP contribution is -2.67. The first-order valence-corrected chi connectivity index (χ1v) is 31.8. The average Bonchev–Trinajstić information content (AvgIpc) is 1.89. The van der Waals surface area contributed by atoms with Crippen LogP contribution in [-0.4, -0.2) is 173 Å². The third kappa shape index (κ3) is 18.7. The third-order valence-corrected chi connectivity index (χ3v) is 17.8. The van der Waals surface area contributed by atoms with Crippen LogP contribution >= 0.6 is 0 Å². The molecule has 2 saturated heterocycles. The highest BCUT2D eigenvalue weighted by atomic mass is 16.6. The van der Waals surface area contributed by atoms with Crippen LogP contribution in [0.15, 0.2) is 48.5 Å². The molecule has 0 bridgehead atoms. The smallest absolute Gasteiger partial charge is 0.410 e. The minimum atomic E-state index is -1.30. The molecule has 2 aliphatic carbocycles. The number of rotatable bonds is 20. The van der Waals surface area contributed by atoms with Crippen LogP contribution in [0, 0.1) is 10.8 Å². The Balaban J connectivity index is 1.16. The van der Waals surface area contributed by atoms with E-state index in [1.54, 1.807) is 83.2 Å². The molecule has 1 unspecified atom stereocenters. The van der Waals surface area contributed by atoms with Crippen molar-refractivity contribution in [2.75, 3.05) is 34.3 Å². The summed E-state index contributed by atoms with van der Waals surface area (Å²) in [6.45, 7) is 26.6. The van der Waals surface area contributed by atoms with Crippen molar-refractivity contribution in [3.8, 4) is 0 Å². The Hall–Kier alpha value is -6.81. The zero-order valence-electron chi connectivity index (χ0n) is 56.3. The summed E-state index contributed by atoms with van der Waals surface area (Å²) in [4.78, 5) is 133. The first-order valence-electron chi connectivity index (χ1n) is 31.8. The van der Waals surface area contributed by atoms with E-state index in [-0.39, 0.29) is 69.1 Å². The van der Waals surface area contributed by atoms with Crippen molar-refractivity contribution < 1.29 is 57.4 Å². The van der Waals surface area contributed by atoms with Gasteiger partial charge in [-0.1, -0.05) is 90.1 Å². The normalized spacial score (nSPS) is 22.3. The molecule has 4 aliphatic rings. The first kappa shape index (κ1) is 71.3. The second-order valence-corrected chi connectivity index (χ2v) is 29.3. The molecule has 2 heterocycles. The minimum absolute atomic E-state index is 0.0104. The van der Waals surface area contributed by atoms with Crippen molar-refractivity contribution >= 4 is 53.5 Å². The SMILES string of the molecule is COC(C)(N[C@H](C(=O)N1C[C@@H](NC(=O)CCCC(=O)N[C@H]2C[C@@H](C(=O)N[C@@H]3CCCc4ccccc43)N(C(=O)[C@@H](NC(=O)[C@H](C)N(C)C(=O)OC(C)(C)C)C(C)(C)C)C2)C[C@H]1C(=O)N[C@@H]1CCCc2ccccc21)C(C)(C)C)[C@H](C)N(C)C(=O)OC(C)(C)C. The van der Waals surface area contributed by atoms with Crippen molar-refractivity contribution in [3.63, 3.8) is 0 Å². The van der Waals surface area contributed by atoms with E-state index in [9.17, 15) is 38.4 Å². The quantitative estimate of drug-likeness (QED) is 0.0722. The summed E-state index contributed by atoms with van der Waals surface area (Å²) in [5.41, 5.74) is -0.174. The van der Waals surface area contributed by atoms with Crippen LogP contribution in [0.2, 0.25) is 0 Å². The van der Waals surface area contributed by atoms with Crippen LogP contribution in [0.4, 0.5) is 9.59 Å². The number of ether oxygens (including phenoxy) is 3. The average molecular weight is 1240 g/mol. The lowest BCUT2D eigenvalue weighted by Gasteiger charge is -2.45. The number of hydrogen-bond acceptors (Lipinski definition) is 13. The highest BCUT2D eigenvalue weighted by Crippen LogP contribution is 2.35. The van der Waals surface area contributed by atoms with Gasteiger partial charge in [0.25, 0.3) is 0 Å². The maximum atomic E-state index is 15.3. The predicted molar refractivity (Wildman–Crippen MR) is 339 cm³/mol. The number of fused-ring (bicyclic) bond motifs is 2. The molecule has 494 valence electrons. The molecule has 9 amide bonds. The molecule has 6 rings (SSSR count). The molecule has 0 radical (unpaired) electrons. The van der Waals surface area contributed by atoms with E-state index in [0.29, 0.717) is 6.42 Å². The zero-order valence-corrected chi connectivity index (χ0v) is 56.3. The first-order chi connectivity index (χ1) is 41.3. The van der Waals surface area contributed by atoms with Crippen molar-refractivity contribution in [2.24, 2.45) is 10.8 Å². The molecule has 0 saturated carbocycles. The number of likely N-dealkylation sites (N-methyl/N-ethyl adjacent to an activating group) is 2. The van der Waals surface area contributed by atoms with Gasteiger partial charge in [-0.25, -0.2) is 9.59 Å². The largest absolute Gasteiger partial charge is 0.444 e. The predicted octanol–water partition coefficient (Wildman–Crippen LogP) is 7.12. The zero-order chi connectivity index (χ0) is 66.3. The summed E-state index contributed by atoms with van der Waals surface area (Å²) in [6, 6.07) is 8.28. The maximum Gasteiger partial charge on any atom is 0.410 e. The van der Waals surface area contributed by atoms with Gasteiger partial charge < -0.3 is 55.5 Å². The molecule has 6 N–H and O–H groups in total. The fraction of sp³-hybridized carbons (Fsp3) is 0.687. The minimum Gasteiger partial charge on any atom is -0.444 e. The van der Waals surface area contributed by atoms with Crippen molar-refractivity contribution in [1.82, 2.24) is 51.5 Å². The second kappa shape index (κ2) is 29.0. The number of hydrogen-bond donors (Lipinski definition) is 6. The summed E-state index contributed by atoms with van der Waals surface area (Å²) in [7, 11) is 4.54. The van der Waals surface area contributed by atoms with Crippen LogP contribution in [0.5, 0.6) is 0 Å². The lowest BCUT2D eigenvalue weighted by atomic mass is 9.84. The van der Waals surface area contributed by atoms with E-state index in [4.69, 9.17) is 14.2 Å². The van der Waals surface area contributed by atoms with Gasteiger partial charge in [-0.3, -0.25) is 43.8 Å². The van der Waals surface area contributed by atoms with Gasteiger partial charge in [-0.2, -0.15) is 0 Å². The molecular weight excluding hydrogens is 1140 g/mol. The second-order valence-electron chi connectivity index (χ2n) is 29.3. The number of nitrogens with zero attached hydrogens (tertiary/aromatic N) is 4. The fourth-order valence-corrected chi connectivity index (χ4v) is 12.3. The topological polar surface area (TPSA) is 266 Å². The van der Waals surface area contributed by atoms with Gasteiger partial charge in [0.05, 0.1) is 24.2 Å². The maximum absolute atomic E-state index is 15.3. The molecule has 22 nitrogen and oxygen atoms in total. The number of benzene rings is 2. The number of amides is 9. The van der Waals surface area contributed by atoms with Crippen LogP contribution in [0.3, 0.4) is 0 Å². The Morgan fingerprint density at radius 3 is 1.38 bits per heavy atom. The van der Waals surface area contributed by atoms with Crippen LogP contribution in [-0.2, 0) is 60.6 Å². The fourth-order valence-electron chi connectivity index (χ4n) is 12.3. The summed E-state index contributed by atoms with van der Waals surface area (Å²) in [5.74, 6) is -3.05. The molecule has 2 aromatic carbocycles. The summed E-state index contributed by atoms with van der Waals surface area (Å²) in [5, 5.41) is 18.9. The van der Waals surface area contributed by atoms with Crippen LogP contribution < -0.4 is 31.9 Å². The van der Waals surface area contributed by atoms with Crippen molar-refractivity contribution in [2.45, 2.75) is 252 Å². The van der Waals surface area contributed by atoms with Crippen molar-refractivity contribution in [3.05, 3.63) is 70.8 Å².